The van der Waals surface area contributed by atoms with E-state index >= 15 is 0 Å². The van der Waals surface area contributed by atoms with Crippen LogP contribution >= 0.6 is 11.6 Å². The summed E-state index contributed by atoms with van der Waals surface area (Å²) in [4.78, 5) is 0. The first kappa shape index (κ1) is 14.3. The largest absolute Gasteiger partial charge is 0.506 e. The van der Waals surface area contributed by atoms with Gasteiger partial charge in [-0.15, -0.1) is 0 Å². The van der Waals surface area contributed by atoms with Crippen molar-refractivity contribution in [2.75, 3.05) is 0 Å². The molecule has 0 aliphatic heterocycles. The number of hydrogen-bond donors (Lipinski definition) is 3. The predicted molar refractivity (Wildman–Crippen MR) is 70.3 cm³/mol. The number of halogens is 1. The van der Waals surface area contributed by atoms with Crippen molar-refractivity contribution in [1.82, 2.24) is 5.32 Å². The van der Waals surface area contributed by atoms with Crippen LogP contribution in [0.15, 0.2) is 18.2 Å². The maximum absolute atomic E-state index is 9.99. The fourth-order valence-electron chi connectivity index (χ4n) is 1.20. The summed E-state index contributed by atoms with van der Waals surface area (Å²) in [5.74, 6) is 0.0807. The van der Waals surface area contributed by atoms with Gasteiger partial charge in [-0.1, -0.05) is 17.7 Å². The van der Waals surface area contributed by atoms with E-state index in [1.165, 1.54) is 0 Å². The highest BCUT2D eigenvalue weighted by molar-refractivity contribution is 6.32. The van der Waals surface area contributed by atoms with E-state index in [2.05, 4.69) is 5.32 Å². The monoisotopic (exact) mass is 257 g/mol. The van der Waals surface area contributed by atoms with Crippen molar-refractivity contribution in [3.8, 4) is 5.75 Å². The number of aromatic hydroxyl groups is 1. The van der Waals surface area contributed by atoms with Crippen LogP contribution in [-0.4, -0.2) is 21.4 Å². The molecular weight excluding hydrogens is 238 g/mol. The van der Waals surface area contributed by atoms with Crippen LogP contribution in [0.25, 0.3) is 0 Å². The lowest BCUT2D eigenvalue weighted by atomic mass is 9.86. The Morgan fingerprint density at radius 1 is 1.24 bits per heavy atom. The van der Waals surface area contributed by atoms with Crippen molar-refractivity contribution >= 4 is 11.6 Å². The lowest BCUT2D eigenvalue weighted by molar-refractivity contribution is -0.00531. The molecule has 0 unspecified atom stereocenters. The van der Waals surface area contributed by atoms with Gasteiger partial charge in [0.1, 0.15) is 5.75 Å². The lowest BCUT2D eigenvalue weighted by Crippen LogP contribution is -2.55. The smallest absolute Gasteiger partial charge is 0.134 e. The Balaban J connectivity index is 2.71. The van der Waals surface area contributed by atoms with Gasteiger partial charge >= 0.3 is 0 Å². The average molecular weight is 258 g/mol. The number of phenolic OH excluding ortho intramolecular Hbond substituents is 1. The normalized spacial score (nSPS) is 12.8. The Bertz CT molecular complexity index is 397. The third-order valence-electron chi connectivity index (χ3n) is 3.28. The number of phenols is 1. The van der Waals surface area contributed by atoms with Gasteiger partial charge in [-0.3, -0.25) is 0 Å². The fraction of sp³-hybridized carbons (Fsp3) is 0.538. The molecule has 0 aromatic heterocycles. The molecule has 4 heteroatoms. The van der Waals surface area contributed by atoms with E-state index in [9.17, 15) is 10.2 Å². The Labute approximate surface area is 107 Å². The fourth-order valence-corrected chi connectivity index (χ4v) is 1.40. The van der Waals surface area contributed by atoms with E-state index in [1.807, 2.05) is 13.8 Å². The summed E-state index contributed by atoms with van der Waals surface area (Å²) in [5.41, 5.74) is -0.282. The van der Waals surface area contributed by atoms with Gasteiger partial charge in [0, 0.05) is 12.1 Å². The first-order valence-corrected chi connectivity index (χ1v) is 5.96. The van der Waals surface area contributed by atoms with E-state index in [4.69, 9.17) is 11.6 Å². The Kier molecular flexibility index (Phi) is 4.07. The van der Waals surface area contributed by atoms with Crippen LogP contribution in [0, 0.1) is 0 Å². The van der Waals surface area contributed by atoms with Gasteiger partial charge in [-0.25, -0.2) is 0 Å². The highest BCUT2D eigenvalue weighted by Gasteiger charge is 2.34. The number of nitrogens with one attached hydrogen (secondary N) is 1. The average Bonchev–Trinajstić information content (AvgIpc) is 2.18. The first-order valence-electron chi connectivity index (χ1n) is 5.58. The quantitative estimate of drug-likeness (QED) is 0.777. The summed E-state index contributed by atoms with van der Waals surface area (Å²) < 4.78 is 0. The number of aliphatic hydroxyl groups is 1. The molecule has 0 bridgehead atoms. The molecule has 0 amide bonds. The minimum atomic E-state index is -0.826. The molecule has 3 N–H and O–H groups in total. The van der Waals surface area contributed by atoms with Crippen LogP contribution in [-0.2, 0) is 6.54 Å². The second-order valence-electron chi connectivity index (χ2n) is 5.32. The van der Waals surface area contributed by atoms with Crippen molar-refractivity contribution in [3.63, 3.8) is 0 Å². The maximum atomic E-state index is 9.99. The molecule has 0 saturated heterocycles. The topological polar surface area (TPSA) is 52.5 Å². The third kappa shape index (κ3) is 3.60. The van der Waals surface area contributed by atoms with Gasteiger partial charge in [-0.05, 0) is 45.4 Å². The molecular formula is C13H20ClNO2. The summed E-state index contributed by atoms with van der Waals surface area (Å²) in [7, 11) is 0. The lowest BCUT2D eigenvalue weighted by Gasteiger charge is -2.38. The number of hydrogen-bond acceptors (Lipinski definition) is 3. The molecule has 0 saturated carbocycles. The number of rotatable bonds is 4. The number of benzene rings is 1. The molecule has 0 atom stereocenters. The standard InChI is InChI=1S/C13H20ClNO2/c1-12(2,13(3,4)17)15-8-9-5-6-11(16)10(14)7-9/h5-7,15-17H,8H2,1-4H3. The van der Waals surface area contributed by atoms with Crippen LogP contribution in [0.1, 0.15) is 33.3 Å². The van der Waals surface area contributed by atoms with Crippen LogP contribution < -0.4 is 5.32 Å². The molecule has 0 fully saturated rings. The first-order chi connectivity index (χ1) is 7.63. The van der Waals surface area contributed by atoms with Crippen LogP contribution in [0.2, 0.25) is 5.02 Å². The van der Waals surface area contributed by atoms with Crippen LogP contribution in [0.5, 0.6) is 5.75 Å². The highest BCUT2D eigenvalue weighted by Crippen LogP contribution is 2.25. The third-order valence-corrected chi connectivity index (χ3v) is 3.58. The van der Waals surface area contributed by atoms with E-state index < -0.39 is 11.1 Å². The predicted octanol–water partition coefficient (Wildman–Crippen LogP) is 2.68. The Morgan fingerprint density at radius 3 is 2.29 bits per heavy atom. The van der Waals surface area contributed by atoms with Crippen LogP contribution in [0.3, 0.4) is 0 Å². The zero-order valence-electron chi connectivity index (χ0n) is 10.7. The molecule has 1 aromatic rings. The van der Waals surface area contributed by atoms with Gasteiger partial charge in [0.2, 0.25) is 0 Å². The van der Waals surface area contributed by atoms with Gasteiger partial charge in [0.25, 0.3) is 0 Å². The maximum Gasteiger partial charge on any atom is 0.134 e. The highest BCUT2D eigenvalue weighted by atomic mass is 35.5. The Morgan fingerprint density at radius 2 is 1.82 bits per heavy atom. The minimum Gasteiger partial charge on any atom is -0.506 e. The van der Waals surface area contributed by atoms with Crippen molar-refractivity contribution in [1.29, 1.82) is 0 Å². The zero-order chi connectivity index (χ0) is 13.3. The molecule has 0 spiro atoms. The molecule has 0 radical (unpaired) electrons. The zero-order valence-corrected chi connectivity index (χ0v) is 11.5. The van der Waals surface area contributed by atoms with Crippen molar-refractivity contribution in [2.45, 2.75) is 45.4 Å². The summed E-state index contributed by atoms with van der Waals surface area (Å²) in [6.07, 6.45) is 0. The van der Waals surface area contributed by atoms with E-state index in [1.54, 1.807) is 32.0 Å². The van der Waals surface area contributed by atoms with E-state index in [0.717, 1.165) is 5.56 Å². The summed E-state index contributed by atoms with van der Waals surface area (Å²) >= 11 is 5.83. The summed E-state index contributed by atoms with van der Waals surface area (Å²) in [6, 6.07) is 5.08. The molecule has 0 aliphatic carbocycles. The summed E-state index contributed by atoms with van der Waals surface area (Å²) in [6.45, 7) is 7.99. The van der Waals surface area contributed by atoms with Gasteiger partial charge in [0.05, 0.1) is 10.6 Å². The molecule has 17 heavy (non-hydrogen) atoms. The second-order valence-corrected chi connectivity index (χ2v) is 5.73. The Hall–Kier alpha value is -0.770. The van der Waals surface area contributed by atoms with Crippen LogP contribution in [0.4, 0.5) is 0 Å². The van der Waals surface area contributed by atoms with Gasteiger partial charge in [0.15, 0.2) is 0 Å². The van der Waals surface area contributed by atoms with E-state index in [0.29, 0.717) is 11.6 Å². The van der Waals surface area contributed by atoms with Gasteiger partial charge in [-0.2, -0.15) is 0 Å². The van der Waals surface area contributed by atoms with Crippen molar-refractivity contribution in [2.24, 2.45) is 0 Å². The molecule has 1 aromatic carbocycles. The molecule has 3 nitrogen and oxygen atoms in total. The minimum absolute atomic E-state index is 0.0807. The van der Waals surface area contributed by atoms with E-state index in [-0.39, 0.29) is 5.75 Å². The van der Waals surface area contributed by atoms with Gasteiger partial charge < -0.3 is 15.5 Å². The molecule has 0 heterocycles. The van der Waals surface area contributed by atoms with Crippen molar-refractivity contribution < 1.29 is 10.2 Å². The molecule has 0 aliphatic rings. The summed E-state index contributed by atoms with van der Waals surface area (Å²) in [5, 5.41) is 22.9. The SMILES string of the molecule is CC(C)(O)C(C)(C)NCc1ccc(O)c(Cl)c1. The van der Waals surface area contributed by atoms with Crippen molar-refractivity contribution in [3.05, 3.63) is 28.8 Å². The molecule has 1 rings (SSSR count). The molecule has 96 valence electrons. The second kappa shape index (κ2) is 4.84.